The lowest BCUT2D eigenvalue weighted by atomic mass is 9.38. The Hall–Kier alpha value is -2.88. The van der Waals surface area contributed by atoms with Crippen molar-refractivity contribution in [2.24, 2.45) is 17.3 Å². The fourth-order valence-corrected chi connectivity index (χ4v) is 6.49. The number of alkyl halides is 2. The number of nitrogens with two attached hydrogens (primary N) is 1. The van der Waals surface area contributed by atoms with Crippen LogP contribution in [0.15, 0.2) is 35.3 Å². The Kier molecular flexibility index (Phi) is 8.36. The van der Waals surface area contributed by atoms with Crippen LogP contribution < -0.4 is 16.6 Å². The van der Waals surface area contributed by atoms with Crippen LogP contribution in [-0.4, -0.2) is 35.5 Å². The van der Waals surface area contributed by atoms with Crippen molar-refractivity contribution in [3.8, 4) is 0 Å². The standard InChI is InChI=1S/C21H22F3N3O2.C6H11N.CH4.FH.H2/c1-2-20-9-21(10-20,11-20)27-8-14(15(25)6-16(27)28)19(29)26-7-12-4-3-5-13(17(12)22)18(23)24;1-7-3-5-2-6(5)4-7;;;/h3-6,8,18H,2,7,9-11,25H2,1H3,(H,26,29);5-6H,2-4H2,1H3;1H4;2*1H. The predicted molar refractivity (Wildman–Crippen MR) is 143 cm³/mol. The number of nitrogens with zero attached hydrogens (tertiary/aromatic N) is 2. The summed E-state index contributed by atoms with van der Waals surface area (Å²) in [5.74, 6) is 0.601. The first-order chi connectivity index (χ1) is 17.1. The number of piperidine rings is 1. The van der Waals surface area contributed by atoms with Crippen LogP contribution in [0.3, 0.4) is 0 Å². The average molecular weight is 541 g/mol. The highest BCUT2D eigenvalue weighted by Gasteiger charge is 2.67. The molecule has 2 atom stereocenters. The number of carbonyl (C=O) groups is 1. The van der Waals surface area contributed by atoms with Crippen LogP contribution in [0.2, 0.25) is 0 Å². The summed E-state index contributed by atoms with van der Waals surface area (Å²) in [6.45, 7) is 4.62. The zero-order valence-corrected chi connectivity index (χ0v) is 21.1. The van der Waals surface area contributed by atoms with E-state index < -0.39 is 23.7 Å². The number of anilines is 1. The van der Waals surface area contributed by atoms with Crippen molar-refractivity contribution < 1.29 is 24.1 Å². The molecular formula is C28H40F4N4O2. The average Bonchev–Trinajstić information content (AvgIpc) is 3.38. The van der Waals surface area contributed by atoms with Crippen molar-refractivity contribution in [3.05, 3.63) is 63.3 Å². The molecule has 0 radical (unpaired) electrons. The number of amides is 1. The summed E-state index contributed by atoms with van der Waals surface area (Å²) in [7, 11) is 2.21. The fourth-order valence-electron chi connectivity index (χ4n) is 6.49. The van der Waals surface area contributed by atoms with Gasteiger partial charge in [0.1, 0.15) is 5.82 Å². The topological polar surface area (TPSA) is 80.4 Å². The maximum atomic E-state index is 14.2. The second kappa shape index (κ2) is 10.7. The zero-order valence-electron chi connectivity index (χ0n) is 21.1. The van der Waals surface area contributed by atoms with Gasteiger partial charge in [-0.25, -0.2) is 13.2 Å². The first kappa shape index (κ1) is 29.7. The number of nitrogen functional groups attached to an aromatic ring is 1. The summed E-state index contributed by atoms with van der Waals surface area (Å²) < 4.78 is 41.4. The number of hydrogen-bond acceptors (Lipinski definition) is 4. The van der Waals surface area contributed by atoms with Crippen molar-refractivity contribution in [2.75, 3.05) is 25.9 Å². The molecule has 10 heteroatoms. The van der Waals surface area contributed by atoms with Crippen molar-refractivity contribution >= 4 is 11.6 Å². The molecule has 1 aromatic heterocycles. The van der Waals surface area contributed by atoms with Gasteiger partial charge in [0.2, 0.25) is 0 Å². The van der Waals surface area contributed by atoms with Gasteiger partial charge in [-0.1, -0.05) is 39.0 Å². The van der Waals surface area contributed by atoms with Crippen LogP contribution in [0.4, 0.5) is 23.6 Å². The Morgan fingerprint density at radius 2 is 1.87 bits per heavy atom. The quantitative estimate of drug-likeness (QED) is 0.486. The molecule has 1 amide bonds. The number of fused-ring (bicyclic) bond motifs is 1. The largest absolute Gasteiger partial charge is 0.398 e. The summed E-state index contributed by atoms with van der Waals surface area (Å²) in [5, 5.41) is 2.51. The smallest absolute Gasteiger partial charge is 0.266 e. The van der Waals surface area contributed by atoms with E-state index in [4.69, 9.17) is 5.73 Å². The van der Waals surface area contributed by atoms with Gasteiger partial charge in [0.15, 0.2) is 0 Å². The van der Waals surface area contributed by atoms with Gasteiger partial charge in [-0.3, -0.25) is 14.3 Å². The minimum atomic E-state index is -2.94. The van der Waals surface area contributed by atoms with E-state index in [9.17, 15) is 22.8 Å². The number of rotatable bonds is 6. The van der Waals surface area contributed by atoms with Crippen molar-refractivity contribution in [1.82, 2.24) is 14.8 Å². The molecule has 3 N–H and O–H groups in total. The molecule has 2 unspecified atom stereocenters. The Morgan fingerprint density at radius 3 is 2.39 bits per heavy atom. The van der Waals surface area contributed by atoms with Crippen molar-refractivity contribution in [2.45, 2.75) is 65.0 Å². The molecular weight excluding hydrogens is 500 g/mol. The monoisotopic (exact) mass is 540 g/mol. The molecule has 1 aromatic carbocycles. The maximum Gasteiger partial charge on any atom is 0.266 e. The lowest BCUT2D eigenvalue weighted by Gasteiger charge is -2.71. The summed E-state index contributed by atoms with van der Waals surface area (Å²) in [5.41, 5.74) is 5.08. The number of pyridine rings is 1. The van der Waals surface area contributed by atoms with Gasteiger partial charge in [-0.2, -0.15) is 0 Å². The van der Waals surface area contributed by atoms with Gasteiger partial charge in [0, 0.05) is 44.4 Å². The second-order valence-corrected chi connectivity index (χ2v) is 11.2. The van der Waals surface area contributed by atoms with Crippen LogP contribution in [0.25, 0.3) is 0 Å². The highest BCUT2D eigenvalue weighted by molar-refractivity contribution is 5.98. The summed E-state index contributed by atoms with van der Waals surface area (Å²) >= 11 is 0. The number of likely N-dealkylation sites (tertiary alicyclic amines) is 1. The number of halogens is 4. The third kappa shape index (κ3) is 5.19. The highest BCUT2D eigenvalue weighted by Crippen LogP contribution is 2.72. The first-order valence-electron chi connectivity index (χ1n) is 12.6. The minimum absolute atomic E-state index is 0. The molecule has 2 heterocycles. The molecule has 5 fully saturated rings. The summed E-state index contributed by atoms with van der Waals surface area (Å²) in [4.78, 5) is 27.5. The molecule has 2 bridgehead atoms. The summed E-state index contributed by atoms with van der Waals surface area (Å²) in [6.07, 6.45) is 3.86. The second-order valence-electron chi connectivity index (χ2n) is 11.2. The van der Waals surface area contributed by atoms with E-state index in [0.717, 1.165) is 43.6 Å². The minimum Gasteiger partial charge on any atom is -0.398 e. The van der Waals surface area contributed by atoms with Crippen LogP contribution >= 0.6 is 0 Å². The third-order valence-corrected chi connectivity index (χ3v) is 8.65. The lowest BCUT2D eigenvalue weighted by molar-refractivity contribution is -0.190. The van der Waals surface area contributed by atoms with Crippen molar-refractivity contribution in [3.63, 3.8) is 0 Å². The van der Waals surface area contributed by atoms with Gasteiger partial charge in [0.25, 0.3) is 17.9 Å². The SMILES string of the molecule is C.CCC12CC(n3cc(C(=O)NCc4cccc(C(F)F)c4F)c(N)cc3=O)(C1)C2.CN1CC2CC2C1.F.[HH]. The molecule has 2 aromatic rings. The van der Waals surface area contributed by atoms with Crippen LogP contribution in [0.1, 0.15) is 75.8 Å². The van der Waals surface area contributed by atoms with E-state index in [1.165, 1.54) is 43.9 Å². The molecule has 38 heavy (non-hydrogen) atoms. The summed E-state index contributed by atoms with van der Waals surface area (Å²) in [6, 6.07) is 4.88. The van der Waals surface area contributed by atoms with E-state index >= 15 is 0 Å². The van der Waals surface area contributed by atoms with E-state index in [0.29, 0.717) is 5.41 Å². The Labute approximate surface area is 222 Å². The molecule has 1 saturated heterocycles. The Bertz CT molecular complexity index is 1220. The normalized spacial score (nSPS) is 27.9. The maximum absolute atomic E-state index is 14.2. The molecule has 5 aliphatic rings. The van der Waals surface area contributed by atoms with Gasteiger partial charge in [-0.05, 0) is 50.0 Å². The number of aromatic nitrogens is 1. The number of nitrogens with one attached hydrogen (secondary N) is 1. The van der Waals surface area contributed by atoms with E-state index in [2.05, 4.69) is 24.2 Å². The van der Waals surface area contributed by atoms with E-state index in [1.54, 1.807) is 4.57 Å². The first-order valence-corrected chi connectivity index (χ1v) is 12.6. The van der Waals surface area contributed by atoms with Gasteiger partial charge in [0.05, 0.1) is 16.8 Å². The molecule has 212 valence electrons. The number of hydrogen-bond donors (Lipinski definition) is 2. The third-order valence-electron chi connectivity index (χ3n) is 8.65. The van der Waals surface area contributed by atoms with E-state index in [-0.39, 0.29) is 48.0 Å². The Morgan fingerprint density at radius 1 is 1.24 bits per heavy atom. The number of carbonyl (C=O) groups excluding carboxylic acids is 1. The fraction of sp³-hybridized carbons (Fsp3) is 0.571. The molecule has 4 saturated carbocycles. The van der Waals surface area contributed by atoms with Gasteiger partial charge >= 0.3 is 0 Å². The van der Waals surface area contributed by atoms with Crippen LogP contribution in [0.5, 0.6) is 0 Å². The molecule has 1 aliphatic heterocycles. The molecule has 4 aliphatic carbocycles. The van der Waals surface area contributed by atoms with Crippen LogP contribution in [-0.2, 0) is 12.1 Å². The molecule has 0 spiro atoms. The molecule has 6 nitrogen and oxygen atoms in total. The van der Waals surface area contributed by atoms with Gasteiger partial charge in [-0.15, -0.1) is 0 Å². The van der Waals surface area contributed by atoms with Crippen LogP contribution in [0, 0.1) is 23.1 Å². The predicted octanol–water partition coefficient (Wildman–Crippen LogP) is 5.33. The lowest BCUT2D eigenvalue weighted by Crippen LogP contribution is -2.69. The Balaban J connectivity index is 0.000000460. The number of benzene rings is 1. The van der Waals surface area contributed by atoms with Gasteiger partial charge < -0.3 is 20.5 Å². The zero-order chi connectivity index (χ0) is 25.8. The highest BCUT2D eigenvalue weighted by atomic mass is 19.3. The van der Waals surface area contributed by atoms with E-state index in [1.807, 2.05) is 0 Å². The van der Waals surface area contributed by atoms with Crippen molar-refractivity contribution in [1.29, 1.82) is 0 Å². The molecule has 7 rings (SSSR count).